The summed E-state index contributed by atoms with van der Waals surface area (Å²) in [5.74, 6) is 0.733. The maximum absolute atomic E-state index is 13.7. The summed E-state index contributed by atoms with van der Waals surface area (Å²) < 4.78 is 8.72. The van der Waals surface area contributed by atoms with Crippen molar-refractivity contribution in [3.05, 3.63) is 100 Å². The average Bonchev–Trinajstić information content (AvgIpc) is 3.19. The Morgan fingerprint density at radius 2 is 1.59 bits per heavy atom. The summed E-state index contributed by atoms with van der Waals surface area (Å²) in [6.07, 6.45) is 1.55. The van der Waals surface area contributed by atoms with E-state index in [4.69, 9.17) is 26.3 Å². The van der Waals surface area contributed by atoms with Gasteiger partial charge in [0.2, 0.25) is 0 Å². The number of hydrogen-bond donors (Lipinski definition) is 0. The van der Waals surface area contributed by atoms with Gasteiger partial charge >= 0.3 is 0 Å². The summed E-state index contributed by atoms with van der Waals surface area (Å²) in [5.41, 5.74) is 4.47. The Morgan fingerprint density at radius 3 is 2.32 bits per heavy atom. The van der Waals surface area contributed by atoms with Crippen LogP contribution in [0.4, 0.5) is 0 Å². The van der Waals surface area contributed by atoms with Gasteiger partial charge < -0.3 is 4.74 Å². The molecular formula is C26H18ClN5O2. The standard InChI is InChI=1S/C26H18ClN5O2/c1-34-18-12-10-17(11-13-18)32-24-22(23-25(32)30-21-9-5-4-8-20(21)29-23)26(33)31(15-28-24)14-16-6-2-3-7-19(16)27/h2-13,15H,14H2,1H3. The van der Waals surface area contributed by atoms with Gasteiger partial charge in [0.15, 0.2) is 11.3 Å². The van der Waals surface area contributed by atoms with E-state index in [-0.39, 0.29) is 5.56 Å². The molecule has 0 saturated carbocycles. The van der Waals surface area contributed by atoms with Crippen molar-refractivity contribution in [3.63, 3.8) is 0 Å². The Hall–Kier alpha value is -4.23. The predicted octanol–water partition coefficient (Wildman–Crippen LogP) is 4.99. The van der Waals surface area contributed by atoms with Crippen LogP contribution in [-0.4, -0.2) is 31.2 Å². The lowest BCUT2D eigenvalue weighted by Gasteiger charge is -2.09. The summed E-state index contributed by atoms with van der Waals surface area (Å²) in [5, 5.41) is 1.01. The molecule has 0 aliphatic heterocycles. The van der Waals surface area contributed by atoms with Crippen molar-refractivity contribution in [2.45, 2.75) is 6.54 Å². The fourth-order valence-electron chi connectivity index (χ4n) is 4.17. The third kappa shape index (κ3) is 3.21. The molecule has 6 aromatic rings. The average molecular weight is 468 g/mol. The topological polar surface area (TPSA) is 74.8 Å². The van der Waals surface area contributed by atoms with Crippen LogP contribution in [0.25, 0.3) is 38.9 Å². The molecule has 166 valence electrons. The monoisotopic (exact) mass is 467 g/mol. The van der Waals surface area contributed by atoms with E-state index in [1.807, 2.05) is 71.3 Å². The molecular weight excluding hydrogens is 450 g/mol. The van der Waals surface area contributed by atoms with Crippen molar-refractivity contribution in [2.75, 3.05) is 7.11 Å². The van der Waals surface area contributed by atoms with E-state index in [9.17, 15) is 4.79 Å². The summed E-state index contributed by atoms with van der Waals surface area (Å²) in [4.78, 5) is 28.1. The van der Waals surface area contributed by atoms with Crippen LogP contribution in [-0.2, 0) is 6.54 Å². The number of aromatic nitrogens is 5. The normalized spacial score (nSPS) is 11.5. The molecule has 3 aromatic carbocycles. The zero-order chi connectivity index (χ0) is 23.2. The van der Waals surface area contributed by atoms with Gasteiger partial charge in [0.25, 0.3) is 5.56 Å². The van der Waals surface area contributed by atoms with Gasteiger partial charge in [0.05, 0.1) is 24.7 Å². The number of halogens is 1. The highest BCUT2D eigenvalue weighted by atomic mass is 35.5. The van der Waals surface area contributed by atoms with Gasteiger partial charge in [-0.15, -0.1) is 0 Å². The van der Waals surface area contributed by atoms with Gasteiger partial charge in [0.1, 0.15) is 23.0 Å². The largest absolute Gasteiger partial charge is 0.497 e. The van der Waals surface area contributed by atoms with Crippen LogP contribution in [0.2, 0.25) is 5.02 Å². The SMILES string of the molecule is COc1ccc(-n2c3nc4ccccc4nc3c3c(=O)n(Cc4ccccc4Cl)cnc32)cc1. The Kier molecular flexibility index (Phi) is 4.78. The fourth-order valence-corrected chi connectivity index (χ4v) is 4.37. The van der Waals surface area contributed by atoms with Crippen LogP contribution in [0.15, 0.2) is 83.9 Å². The highest BCUT2D eigenvalue weighted by molar-refractivity contribution is 6.31. The highest BCUT2D eigenvalue weighted by Gasteiger charge is 2.21. The highest BCUT2D eigenvalue weighted by Crippen LogP contribution is 2.29. The number of para-hydroxylation sites is 2. The van der Waals surface area contributed by atoms with Crippen LogP contribution < -0.4 is 10.3 Å². The van der Waals surface area contributed by atoms with Crippen LogP contribution in [0, 0.1) is 0 Å². The molecule has 34 heavy (non-hydrogen) atoms. The minimum Gasteiger partial charge on any atom is -0.497 e. The first-order valence-corrected chi connectivity index (χ1v) is 11.1. The zero-order valence-electron chi connectivity index (χ0n) is 18.1. The number of nitrogens with zero attached hydrogens (tertiary/aromatic N) is 5. The number of methoxy groups -OCH3 is 1. The Balaban J connectivity index is 1.67. The van der Waals surface area contributed by atoms with Crippen LogP contribution in [0.1, 0.15) is 5.56 Å². The molecule has 6 rings (SSSR count). The van der Waals surface area contributed by atoms with Gasteiger partial charge in [0, 0.05) is 10.7 Å². The summed E-state index contributed by atoms with van der Waals surface area (Å²) in [6, 6.07) is 22.6. The second-order valence-corrected chi connectivity index (χ2v) is 8.29. The van der Waals surface area contributed by atoms with E-state index in [2.05, 4.69) is 4.98 Å². The number of hydrogen-bond acceptors (Lipinski definition) is 5. The van der Waals surface area contributed by atoms with Gasteiger partial charge in [-0.2, -0.15) is 0 Å². The summed E-state index contributed by atoms with van der Waals surface area (Å²) in [7, 11) is 1.62. The van der Waals surface area contributed by atoms with Crippen LogP contribution in [0.5, 0.6) is 5.75 Å². The molecule has 0 bridgehead atoms. The Morgan fingerprint density at radius 1 is 0.882 bits per heavy atom. The lowest BCUT2D eigenvalue weighted by molar-refractivity contribution is 0.415. The van der Waals surface area contributed by atoms with Crippen LogP contribution in [0.3, 0.4) is 0 Å². The van der Waals surface area contributed by atoms with Crippen molar-refractivity contribution in [2.24, 2.45) is 0 Å². The number of fused-ring (bicyclic) bond motifs is 4. The van der Waals surface area contributed by atoms with Gasteiger partial charge in [-0.25, -0.2) is 15.0 Å². The molecule has 8 heteroatoms. The third-order valence-electron chi connectivity index (χ3n) is 5.86. The summed E-state index contributed by atoms with van der Waals surface area (Å²) in [6.45, 7) is 0.303. The molecule has 0 aliphatic carbocycles. The van der Waals surface area contributed by atoms with E-state index in [1.54, 1.807) is 24.1 Å². The Bertz CT molecular complexity index is 1760. The van der Waals surface area contributed by atoms with Crippen molar-refractivity contribution in [1.29, 1.82) is 0 Å². The molecule has 3 aromatic heterocycles. The van der Waals surface area contributed by atoms with E-state index in [1.165, 1.54) is 0 Å². The Labute approximate surface area is 198 Å². The number of ether oxygens (including phenoxy) is 1. The van der Waals surface area contributed by atoms with Gasteiger partial charge in [-0.1, -0.05) is 41.9 Å². The maximum Gasteiger partial charge on any atom is 0.265 e. The second-order valence-electron chi connectivity index (χ2n) is 7.89. The lowest BCUT2D eigenvalue weighted by atomic mass is 10.2. The molecule has 3 heterocycles. The molecule has 0 atom stereocenters. The molecule has 0 aliphatic rings. The number of benzene rings is 3. The minimum absolute atomic E-state index is 0.202. The van der Waals surface area contributed by atoms with E-state index < -0.39 is 0 Å². The molecule has 0 spiro atoms. The van der Waals surface area contributed by atoms with Crippen molar-refractivity contribution >= 4 is 44.8 Å². The first-order valence-electron chi connectivity index (χ1n) is 10.7. The van der Waals surface area contributed by atoms with Gasteiger partial charge in [-0.3, -0.25) is 13.9 Å². The molecule has 0 saturated heterocycles. The molecule has 0 fully saturated rings. The van der Waals surface area contributed by atoms with Crippen molar-refractivity contribution in [1.82, 2.24) is 24.1 Å². The van der Waals surface area contributed by atoms with E-state index >= 15 is 0 Å². The zero-order valence-corrected chi connectivity index (χ0v) is 18.9. The van der Waals surface area contributed by atoms with Gasteiger partial charge in [-0.05, 0) is 48.0 Å². The van der Waals surface area contributed by atoms with E-state index in [0.29, 0.717) is 39.3 Å². The quantitative estimate of drug-likeness (QED) is 0.365. The fraction of sp³-hybridized carbons (Fsp3) is 0.0769. The molecule has 0 radical (unpaired) electrons. The molecule has 0 unspecified atom stereocenters. The first kappa shape index (κ1) is 20.4. The number of rotatable bonds is 4. The molecule has 0 amide bonds. The van der Waals surface area contributed by atoms with Crippen molar-refractivity contribution in [3.8, 4) is 11.4 Å². The third-order valence-corrected chi connectivity index (χ3v) is 6.23. The smallest absolute Gasteiger partial charge is 0.265 e. The lowest BCUT2D eigenvalue weighted by Crippen LogP contribution is -2.21. The van der Waals surface area contributed by atoms with Crippen LogP contribution >= 0.6 is 11.6 Å². The molecule has 0 N–H and O–H groups in total. The molecule has 7 nitrogen and oxygen atoms in total. The first-order chi connectivity index (χ1) is 16.6. The van der Waals surface area contributed by atoms with Crippen molar-refractivity contribution < 1.29 is 4.74 Å². The minimum atomic E-state index is -0.202. The second kappa shape index (κ2) is 7.97. The van der Waals surface area contributed by atoms with E-state index in [0.717, 1.165) is 22.5 Å². The summed E-state index contributed by atoms with van der Waals surface area (Å²) >= 11 is 6.34. The predicted molar refractivity (Wildman–Crippen MR) is 133 cm³/mol. The maximum atomic E-state index is 13.7.